The van der Waals surface area contributed by atoms with E-state index in [1.54, 1.807) is 31.2 Å². The van der Waals surface area contributed by atoms with E-state index in [1.165, 1.54) is 18.2 Å². The number of carbonyl (C=O) groups is 2. The van der Waals surface area contributed by atoms with Gasteiger partial charge in [-0.15, -0.1) is 0 Å². The van der Waals surface area contributed by atoms with Crippen molar-refractivity contribution < 1.29 is 31.9 Å². The lowest BCUT2D eigenvalue weighted by molar-refractivity contribution is -0.116. The molecule has 0 bridgehead atoms. The Hall–Kier alpha value is -3.05. The number of rotatable bonds is 7. The van der Waals surface area contributed by atoms with Gasteiger partial charge in [0.15, 0.2) is 10.7 Å². The Morgan fingerprint density at radius 1 is 1.17 bits per heavy atom. The first-order valence-electron chi connectivity index (χ1n) is 11.3. The predicted octanol–water partition coefficient (Wildman–Crippen LogP) is 4.08. The molecule has 2 heterocycles. The molecule has 192 valence electrons. The Morgan fingerprint density at radius 2 is 1.86 bits per heavy atom. The lowest BCUT2D eigenvalue weighted by Crippen LogP contribution is -2.48. The summed E-state index contributed by atoms with van der Waals surface area (Å²) >= 11 is 0.491. The molecule has 1 saturated heterocycles. The van der Waals surface area contributed by atoms with Gasteiger partial charge in [0, 0.05) is 18.7 Å². The first kappa shape index (κ1) is 26.0. The third kappa shape index (κ3) is 5.22. The highest BCUT2D eigenvalue weighted by atomic mass is 32.2. The van der Waals surface area contributed by atoms with Gasteiger partial charge in [-0.3, -0.25) is 9.59 Å². The van der Waals surface area contributed by atoms with Crippen LogP contribution >= 0.6 is 11.8 Å². The number of thioether (sulfide) groups is 1. The number of primary amides is 1. The van der Waals surface area contributed by atoms with Crippen LogP contribution in [0.15, 0.2) is 53.1 Å². The van der Waals surface area contributed by atoms with Crippen LogP contribution in [0.1, 0.15) is 27.9 Å². The molecule has 0 aromatic heterocycles. The molecule has 2 aromatic rings. The lowest BCUT2D eigenvalue weighted by atomic mass is 9.94. The van der Waals surface area contributed by atoms with Crippen LogP contribution in [0.5, 0.6) is 0 Å². The van der Waals surface area contributed by atoms with Crippen LogP contribution in [0.3, 0.4) is 0 Å². The molecule has 2 aliphatic heterocycles. The first-order valence-corrected chi connectivity index (χ1v) is 12.1. The van der Waals surface area contributed by atoms with E-state index >= 15 is 0 Å². The van der Waals surface area contributed by atoms with Gasteiger partial charge in [-0.2, -0.15) is 13.2 Å². The number of hydrogen-bond donors (Lipinski definition) is 2. The average Bonchev–Trinajstić information content (AvgIpc) is 3.26. The van der Waals surface area contributed by atoms with Crippen LogP contribution < -0.4 is 16.0 Å². The maximum Gasteiger partial charge on any atom is 0.432 e. The Kier molecular flexibility index (Phi) is 7.33. The second-order valence-corrected chi connectivity index (χ2v) is 9.96. The zero-order chi connectivity index (χ0) is 26.1. The number of aryl methyl sites for hydroxylation is 2. The smallest absolute Gasteiger partial charge is 0.378 e. The van der Waals surface area contributed by atoms with Crippen LogP contribution in [-0.2, 0) is 16.0 Å². The fourth-order valence-electron chi connectivity index (χ4n) is 4.34. The van der Waals surface area contributed by atoms with E-state index in [2.05, 4.69) is 5.32 Å². The first-order chi connectivity index (χ1) is 17.0. The number of hydrogen-bond acceptors (Lipinski definition) is 6. The molecule has 36 heavy (non-hydrogen) atoms. The number of nitrogens with two attached hydrogens (primary N) is 1. The number of nitrogens with zero attached hydrogens (tertiary/aromatic N) is 1. The topological polar surface area (TPSA) is 84.7 Å². The second kappa shape index (κ2) is 10.1. The normalized spacial score (nSPS) is 20.4. The number of Topliss-reactive ketones (excluding diaryl/α,β-unsaturated/α-hetero) is 1. The molecule has 2 aliphatic rings. The summed E-state index contributed by atoms with van der Waals surface area (Å²) in [6.45, 7) is 3.62. The van der Waals surface area contributed by atoms with Gasteiger partial charge in [0.2, 0.25) is 0 Å². The molecule has 6 nitrogen and oxygen atoms in total. The highest BCUT2D eigenvalue weighted by Crippen LogP contribution is 2.48. The summed E-state index contributed by atoms with van der Waals surface area (Å²) in [5.41, 5.74) is 5.78. The number of carbonyl (C=O) groups excluding carboxylic acids is 2. The minimum atomic E-state index is -4.91. The van der Waals surface area contributed by atoms with Gasteiger partial charge in [-0.1, -0.05) is 42.1 Å². The van der Waals surface area contributed by atoms with Crippen molar-refractivity contribution in [1.82, 2.24) is 5.32 Å². The van der Waals surface area contributed by atoms with Crippen molar-refractivity contribution in [2.45, 2.75) is 30.8 Å². The lowest BCUT2D eigenvalue weighted by Gasteiger charge is -2.31. The molecular weight excluding hydrogens is 498 g/mol. The number of halogens is 4. The highest BCUT2D eigenvalue weighted by molar-refractivity contribution is 8.06. The van der Waals surface area contributed by atoms with Crippen molar-refractivity contribution in [2.24, 2.45) is 5.73 Å². The number of allylic oxidation sites excluding steroid dienone is 1. The van der Waals surface area contributed by atoms with E-state index in [0.717, 1.165) is 0 Å². The number of ether oxygens (including phenoxy) is 1. The zero-order valence-corrected chi connectivity index (χ0v) is 20.3. The van der Waals surface area contributed by atoms with Gasteiger partial charge >= 0.3 is 6.18 Å². The van der Waals surface area contributed by atoms with Gasteiger partial charge in [0.05, 0.1) is 18.9 Å². The third-order valence-corrected chi connectivity index (χ3v) is 7.67. The standard InChI is InChI=1S/C25H25F4N3O3S/c1-15-4-2-3-5-17(15)22(33)24(31-21(25(27,28)29)20(36-24)23(30)34)9-8-16-6-7-18(26)19(14-16)32-10-12-35-13-11-32/h2-7,14,31H,8-13H2,1H3,(H2,30,34). The van der Waals surface area contributed by atoms with Gasteiger partial charge in [0.25, 0.3) is 5.91 Å². The number of alkyl halides is 3. The molecule has 1 fully saturated rings. The van der Waals surface area contributed by atoms with Crippen molar-refractivity contribution in [3.63, 3.8) is 0 Å². The number of benzene rings is 2. The summed E-state index contributed by atoms with van der Waals surface area (Å²) in [4.78, 5) is 24.9. The van der Waals surface area contributed by atoms with Gasteiger partial charge in [-0.05, 0) is 43.0 Å². The molecule has 4 rings (SSSR count). The fourth-order valence-corrected chi connectivity index (χ4v) is 5.62. The molecule has 0 saturated carbocycles. The minimum Gasteiger partial charge on any atom is -0.378 e. The maximum absolute atomic E-state index is 14.6. The largest absolute Gasteiger partial charge is 0.432 e. The predicted molar refractivity (Wildman–Crippen MR) is 129 cm³/mol. The van der Waals surface area contributed by atoms with Crippen molar-refractivity contribution in [3.8, 4) is 0 Å². The number of morpholine rings is 1. The summed E-state index contributed by atoms with van der Waals surface area (Å²) in [6, 6.07) is 11.0. The molecular formula is C25H25F4N3O3S. The monoisotopic (exact) mass is 523 g/mol. The van der Waals surface area contributed by atoms with Crippen molar-refractivity contribution in [3.05, 3.63) is 75.6 Å². The number of anilines is 1. The van der Waals surface area contributed by atoms with Crippen LogP contribution in [0.2, 0.25) is 0 Å². The van der Waals surface area contributed by atoms with Gasteiger partial charge in [-0.25, -0.2) is 4.39 Å². The molecule has 1 unspecified atom stereocenters. The molecule has 0 spiro atoms. The Morgan fingerprint density at radius 3 is 2.47 bits per heavy atom. The molecule has 3 N–H and O–H groups in total. The highest BCUT2D eigenvalue weighted by Gasteiger charge is 2.54. The summed E-state index contributed by atoms with van der Waals surface area (Å²) in [5.74, 6) is -2.29. The maximum atomic E-state index is 14.6. The molecule has 11 heteroatoms. The number of amides is 1. The van der Waals surface area contributed by atoms with E-state index in [4.69, 9.17) is 10.5 Å². The van der Waals surface area contributed by atoms with Gasteiger partial charge < -0.3 is 20.7 Å². The minimum absolute atomic E-state index is 0.102. The molecule has 2 aromatic carbocycles. The summed E-state index contributed by atoms with van der Waals surface area (Å²) < 4.78 is 61.3. The van der Waals surface area contributed by atoms with E-state index in [0.29, 0.717) is 54.9 Å². The number of nitrogens with one attached hydrogen (secondary N) is 1. The molecule has 1 atom stereocenters. The molecule has 1 amide bonds. The molecule has 0 radical (unpaired) electrons. The van der Waals surface area contributed by atoms with Crippen LogP contribution in [0.4, 0.5) is 23.2 Å². The quantitative estimate of drug-likeness (QED) is 0.421. The number of ketones is 1. The second-order valence-electron chi connectivity index (χ2n) is 8.65. The van der Waals surface area contributed by atoms with Crippen LogP contribution in [0.25, 0.3) is 0 Å². The van der Waals surface area contributed by atoms with E-state index in [1.807, 2.05) is 4.90 Å². The Balaban J connectivity index is 1.68. The third-order valence-electron chi connectivity index (χ3n) is 6.22. The van der Waals surface area contributed by atoms with Crippen molar-refractivity contribution in [2.75, 3.05) is 31.2 Å². The Labute approximate surface area is 209 Å². The van der Waals surface area contributed by atoms with Crippen molar-refractivity contribution in [1.29, 1.82) is 0 Å². The zero-order valence-electron chi connectivity index (χ0n) is 19.5. The van der Waals surface area contributed by atoms with Crippen LogP contribution in [-0.4, -0.2) is 49.0 Å². The van der Waals surface area contributed by atoms with E-state index in [9.17, 15) is 27.2 Å². The van der Waals surface area contributed by atoms with Crippen LogP contribution in [0, 0.1) is 12.7 Å². The fraction of sp³-hybridized carbons (Fsp3) is 0.360. The van der Waals surface area contributed by atoms with E-state index in [-0.39, 0.29) is 18.4 Å². The van der Waals surface area contributed by atoms with Gasteiger partial charge in [0.1, 0.15) is 16.4 Å². The van der Waals surface area contributed by atoms with E-state index < -0.39 is 39.2 Å². The Bertz CT molecular complexity index is 1210. The summed E-state index contributed by atoms with van der Waals surface area (Å²) in [5, 5.41) is 2.33. The molecule has 0 aliphatic carbocycles. The summed E-state index contributed by atoms with van der Waals surface area (Å²) in [7, 11) is 0. The SMILES string of the molecule is Cc1ccccc1C(=O)C1(CCc2ccc(F)c(N3CCOCC3)c2)NC(C(F)(F)F)=C(C(N)=O)S1. The average molecular weight is 524 g/mol. The summed E-state index contributed by atoms with van der Waals surface area (Å²) in [6.07, 6.45) is -4.87. The van der Waals surface area contributed by atoms with Crippen molar-refractivity contribution >= 4 is 29.1 Å².